The number of nitrogens with one attached hydrogen (secondary N) is 2. The van der Waals surface area contributed by atoms with Gasteiger partial charge in [-0.15, -0.1) is 0 Å². The smallest absolute Gasteiger partial charge is 0.244 e. The number of pyridine rings is 1. The third kappa shape index (κ3) is 3.66. The van der Waals surface area contributed by atoms with Gasteiger partial charge in [-0.25, -0.2) is 17.7 Å². The third-order valence-electron chi connectivity index (χ3n) is 3.03. The van der Waals surface area contributed by atoms with Crippen LogP contribution in [0.4, 0.5) is 5.82 Å². The van der Waals surface area contributed by atoms with E-state index in [1.54, 1.807) is 12.1 Å². The van der Waals surface area contributed by atoms with E-state index in [0.717, 1.165) is 13.1 Å². The molecule has 8 heteroatoms. The Bertz CT molecular complexity index is 524. The minimum absolute atomic E-state index is 0.107. The van der Waals surface area contributed by atoms with Crippen LogP contribution in [0.15, 0.2) is 23.2 Å². The van der Waals surface area contributed by atoms with Crippen LogP contribution in [0.3, 0.4) is 0 Å². The molecule has 2 N–H and O–H groups in total. The van der Waals surface area contributed by atoms with Gasteiger partial charge in [0.25, 0.3) is 0 Å². The molecule has 1 saturated heterocycles. The van der Waals surface area contributed by atoms with Crippen LogP contribution in [-0.4, -0.2) is 64.1 Å². The number of nitrogens with zero attached hydrogens (tertiary/aromatic N) is 2. The summed E-state index contributed by atoms with van der Waals surface area (Å²) in [5.41, 5.74) is 0. The molecule has 1 aromatic heterocycles. The maximum absolute atomic E-state index is 11.9. The molecule has 7 nitrogen and oxygen atoms in total. The number of anilines is 1. The minimum Gasteiger partial charge on any atom is -0.374 e. The highest BCUT2D eigenvalue weighted by Gasteiger charge is 2.17. The fraction of sp³-hybridized carbons (Fsp3) is 0.583. The van der Waals surface area contributed by atoms with Crippen LogP contribution < -0.4 is 10.6 Å². The number of hydrogen-bond donors (Lipinski definition) is 2. The summed E-state index contributed by atoms with van der Waals surface area (Å²) in [5, 5.41) is 6.38. The van der Waals surface area contributed by atoms with Gasteiger partial charge in [-0.05, 0) is 12.1 Å². The first kappa shape index (κ1) is 15.2. The molecule has 1 aliphatic rings. The van der Waals surface area contributed by atoms with Gasteiger partial charge >= 0.3 is 0 Å². The van der Waals surface area contributed by atoms with Crippen LogP contribution in [0.2, 0.25) is 0 Å². The Labute approximate surface area is 119 Å². The number of aromatic nitrogens is 1. The lowest BCUT2D eigenvalue weighted by molar-refractivity contribution is 0.0372. The van der Waals surface area contributed by atoms with E-state index in [1.165, 1.54) is 24.6 Å². The van der Waals surface area contributed by atoms with Crippen molar-refractivity contribution in [2.45, 2.75) is 11.0 Å². The molecule has 0 aliphatic carbocycles. The van der Waals surface area contributed by atoms with Gasteiger partial charge in [-0.3, -0.25) is 0 Å². The molecule has 0 aromatic carbocycles. The quantitative estimate of drug-likeness (QED) is 0.779. The molecule has 112 valence electrons. The van der Waals surface area contributed by atoms with E-state index in [0.29, 0.717) is 19.0 Å². The summed E-state index contributed by atoms with van der Waals surface area (Å²) in [6.45, 7) is 3.03. The van der Waals surface area contributed by atoms with Crippen molar-refractivity contribution in [3.63, 3.8) is 0 Å². The number of morpholine rings is 1. The van der Waals surface area contributed by atoms with Crippen LogP contribution in [0.25, 0.3) is 0 Å². The summed E-state index contributed by atoms with van der Waals surface area (Å²) >= 11 is 0. The molecule has 0 bridgehead atoms. The van der Waals surface area contributed by atoms with Crippen LogP contribution in [-0.2, 0) is 14.8 Å². The van der Waals surface area contributed by atoms with Gasteiger partial charge < -0.3 is 15.4 Å². The van der Waals surface area contributed by atoms with Crippen molar-refractivity contribution in [3.05, 3.63) is 18.3 Å². The second-order valence-electron chi connectivity index (χ2n) is 4.74. The molecule has 1 aromatic rings. The SMILES string of the molecule is CN(C)S(=O)(=O)c1ccc(NCC2CNCCO2)nc1. The van der Waals surface area contributed by atoms with Crippen molar-refractivity contribution in [2.24, 2.45) is 0 Å². The zero-order chi connectivity index (χ0) is 14.6. The Kier molecular flexibility index (Phi) is 4.92. The second kappa shape index (κ2) is 6.49. The summed E-state index contributed by atoms with van der Waals surface area (Å²) in [5.74, 6) is 0.636. The lowest BCUT2D eigenvalue weighted by Gasteiger charge is -2.23. The van der Waals surface area contributed by atoms with Gasteiger partial charge in [-0.2, -0.15) is 0 Å². The highest BCUT2D eigenvalue weighted by molar-refractivity contribution is 7.89. The van der Waals surface area contributed by atoms with Crippen LogP contribution >= 0.6 is 0 Å². The molecular formula is C12H20N4O3S. The lowest BCUT2D eigenvalue weighted by atomic mass is 10.3. The number of hydrogen-bond acceptors (Lipinski definition) is 6. The number of rotatable bonds is 5. The Morgan fingerprint density at radius 1 is 1.50 bits per heavy atom. The minimum atomic E-state index is -3.42. The van der Waals surface area contributed by atoms with E-state index < -0.39 is 10.0 Å². The normalized spacial score (nSPS) is 20.1. The lowest BCUT2D eigenvalue weighted by Crippen LogP contribution is -2.42. The van der Waals surface area contributed by atoms with E-state index in [-0.39, 0.29) is 11.0 Å². The fourth-order valence-corrected chi connectivity index (χ4v) is 2.67. The summed E-state index contributed by atoms with van der Waals surface area (Å²) in [4.78, 5) is 4.30. The van der Waals surface area contributed by atoms with Crippen molar-refractivity contribution < 1.29 is 13.2 Å². The standard InChI is InChI=1S/C12H20N4O3S/c1-16(2)20(17,18)11-3-4-12(15-9-11)14-8-10-7-13-5-6-19-10/h3-4,9-10,13H,5-8H2,1-2H3,(H,14,15). The maximum atomic E-state index is 11.9. The average Bonchev–Trinajstić information content (AvgIpc) is 2.46. The highest BCUT2D eigenvalue weighted by Crippen LogP contribution is 2.14. The molecule has 2 heterocycles. The zero-order valence-corrected chi connectivity index (χ0v) is 12.5. The molecule has 0 spiro atoms. The molecule has 1 atom stereocenters. The monoisotopic (exact) mass is 300 g/mol. The van der Waals surface area contributed by atoms with Crippen molar-refractivity contribution in [1.29, 1.82) is 0 Å². The third-order valence-corrected chi connectivity index (χ3v) is 4.83. The Morgan fingerprint density at radius 3 is 2.85 bits per heavy atom. The largest absolute Gasteiger partial charge is 0.374 e. The first-order chi connectivity index (χ1) is 9.50. The van der Waals surface area contributed by atoms with E-state index >= 15 is 0 Å². The van der Waals surface area contributed by atoms with Gasteiger partial charge in [0.15, 0.2) is 0 Å². The van der Waals surface area contributed by atoms with Gasteiger partial charge in [0.2, 0.25) is 10.0 Å². The summed E-state index contributed by atoms with van der Waals surface area (Å²) in [6, 6.07) is 3.21. The van der Waals surface area contributed by atoms with Crippen LogP contribution in [0.1, 0.15) is 0 Å². The van der Waals surface area contributed by atoms with Crippen LogP contribution in [0, 0.1) is 0 Å². The Hall–Kier alpha value is -1.22. The average molecular weight is 300 g/mol. The van der Waals surface area contributed by atoms with Crippen molar-refractivity contribution in [3.8, 4) is 0 Å². The van der Waals surface area contributed by atoms with Crippen molar-refractivity contribution in [2.75, 3.05) is 45.7 Å². The van der Waals surface area contributed by atoms with Gasteiger partial charge in [0.05, 0.1) is 12.7 Å². The van der Waals surface area contributed by atoms with E-state index in [4.69, 9.17) is 4.74 Å². The first-order valence-electron chi connectivity index (χ1n) is 6.45. The van der Waals surface area contributed by atoms with Gasteiger partial charge in [0, 0.05) is 39.9 Å². The van der Waals surface area contributed by atoms with E-state index in [1.807, 2.05) is 0 Å². The molecule has 2 rings (SSSR count). The van der Waals surface area contributed by atoms with Crippen molar-refractivity contribution in [1.82, 2.24) is 14.6 Å². The molecule has 1 fully saturated rings. The Balaban J connectivity index is 1.94. The molecule has 0 saturated carbocycles. The fourth-order valence-electron chi connectivity index (χ4n) is 1.82. The maximum Gasteiger partial charge on any atom is 0.244 e. The number of sulfonamides is 1. The molecule has 0 amide bonds. The van der Waals surface area contributed by atoms with Gasteiger partial charge in [0.1, 0.15) is 10.7 Å². The van der Waals surface area contributed by atoms with Crippen LogP contribution in [0.5, 0.6) is 0 Å². The predicted molar refractivity (Wildman–Crippen MR) is 76.2 cm³/mol. The molecule has 20 heavy (non-hydrogen) atoms. The molecular weight excluding hydrogens is 280 g/mol. The highest BCUT2D eigenvalue weighted by atomic mass is 32.2. The first-order valence-corrected chi connectivity index (χ1v) is 7.89. The predicted octanol–water partition coefficient (Wildman–Crippen LogP) is -0.268. The summed E-state index contributed by atoms with van der Waals surface area (Å²) in [6.07, 6.45) is 1.47. The summed E-state index contributed by atoms with van der Waals surface area (Å²) < 4.78 is 30.5. The molecule has 1 unspecified atom stereocenters. The number of ether oxygens (including phenoxy) is 1. The second-order valence-corrected chi connectivity index (χ2v) is 6.90. The van der Waals surface area contributed by atoms with Gasteiger partial charge in [-0.1, -0.05) is 0 Å². The topological polar surface area (TPSA) is 83.6 Å². The van der Waals surface area contributed by atoms with Crippen molar-refractivity contribution >= 4 is 15.8 Å². The van der Waals surface area contributed by atoms with E-state index in [2.05, 4.69) is 15.6 Å². The molecule has 0 radical (unpaired) electrons. The van der Waals surface area contributed by atoms with E-state index in [9.17, 15) is 8.42 Å². The zero-order valence-electron chi connectivity index (χ0n) is 11.7. The summed E-state index contributed by atoms with van der Waals surface area (Å²) in [7, 11) is -0.431. The molecule has 1 aliphatic heterocycles. The Morgan fingerprint density at radius 2 is 2.30 bits per heavy atom.